The molecule has 0 bridgehead atoms. The lowest BCUT2D eigenvalue weighted by Gasteiger charge is -2.35. The summed E-state index contributed by atoms with van der Waals surface area (Å²) in [5.74, 6) is 0.00977. The molecule has 0 saturated carbocycles. The molecule has 118 valence electrons. The van der Waals surface area contributed by atoms with Crippen LogP contribution in [0.2, 0.25) is 0 Å². The van der Waals surface area contributed by atoms with Crippen molar-refractivity contribution in [1.82, 2.24) is 20.0 Å². The van der Waals surface area contributed by atoms with E-state index in [1.807, 2.05) is 19.9 Å². The average molecular weight is 294 g/mol. The molecular weight excluding hydrogens is 268 g/mol. The minimum atomic E-state index is 0.00977. The Labute approximate surface area is 126 Å². The zero-order chi connectivity index (χ0) is 15.4. The molecule has 0 aliphatic carbocycles. The van der Waals surface area contributed by atoms with Crippen LogP contribution < -0.4 is 5.32 Å². The van der Waals surface area contributed by atoms with E-state index in [0.29, 0.717) is 6.54 Å². The predicted octanol–water partition coefficient (Wildman–Crippen LogP) is 0.725. The normalized spacial score (nSPS) is 23.2. The molecule has 1 amide bonds. The second-order valence-corrected chi connectivity index (χ2v) is 5.95. The van der Waals surface area contributed by atoms with Gasteiger partial charge in [-0.2, -0.15) is 5.10 Å². The number of aromatic nitrogens is 2. The summed E-state index contributed by atoms with van der Waals surface area (Å²) in [7, 11) is 0. The maximum Gasteiger partial charge on any atom is 0.241 e. The van der Waals surface area contributed by atoms with E-state index in [4.69, 9.17) is 4.74 Å². The van der Waals surface area contributed by atoms with E-state index < -0.39 is 0 Å². The molecule has 1 N–H and O–H groups in total. The number of carbonyl (C=O) groups excluding carboxylic acids is 1. The van der Waals surface area contributed by atoms with Gasteiger partial charge in [-0.15, -0.1) is 0 Å². The summed E-state index contributed by atoms with van der Waals surface area (Å²) in [6.07, 6.45) is 0.526. The van der Waals surface area contributed by atoms with Gasteiger partial charge < -0.3 is 10.1 Å². The molecule has 1 aliphatic rings. The van der Waals surface area contributed by atoms with Gasteiger partial charge in [0.2, 0.25) is 5.91 Å². The van der Waals surface area contributed by atoms with Gasteiger partial charge in [0, 0.05) is 31.9 Å². The van der Waals surface area contributed by atoms with Gasteiger partial charge in [0.15, 0.2) is 0 Å². The molecule has 0 radical (unpaired) electrons. The van der Waals surface area contributed by atoms with Crippen LogP contribution in [0.5, 0.6) is 0 Å². The maximum absolute atomic E-state index is 11.9. The van der Waals surface area contributed by atoms with Crippen LogP contribution in [0.15, 0.2) is 6.07 Å². The lowest BCUT2D eigenvalue weighted by Crippen LogP contribution is -2.48. The Morgan fingerprint density at radius 1 is 1.38 bits per heavy atom. The molecule has 1 saturated heterocycles. The number of morpholine rings is 1. The number of hydrogen-bond acceptors (Lipinski definition) is 4. The van der Waals surface area contributed by atoms with Crippen molar-refractivity contribution in [3.8, 4) is 0 Å². The maximum atomic E-state index is 11.9. The molecule has 6 nitrogen and oxygen atoms in total. The number of ether oxygens (including phenoxy) is 1. The second-order valence-electron chi connectivity index (χ2n) is 5.95. The van der Waals surface area contributed by atoms with Crippen LogP contribution in [0, 0.1) is 13.8 Å². The first kappa shape index (κ1) is 16.0. The third-order valence-corrected chi connectivity index (χ3v) is 3.64. The smallest absolute Gasteiger partial charge is 0.241 e. The molecular formula is C15H26N4O2. The zero-order valence-corrected chi connectivity index (χ0v) is 13.4. The van der Waals surface area contributed by atoms with E-state index in [9.17, 15) is 4.79 Å². The van der Waals surface area contributed by atoms with Crippen molar-refractivity contribution >= 4 is 5.91 Å². The van der Waals surface area contributed by atoms with E-state index in [1.165, 1.54) is 0 Å². The Kier molecular flexibility index (Phi) is 5.36. The number of nitrogens with one attached hydrogen (secondary N) is 1. The number of carbonyl (C=O) groups is 1. The molecule has 2 heterocycles. The molecule has 0 spiro atoms. The van der Waals surface area contributed by atoms with Crippen molar-refractivity contribution in [2.45, 2.75) is 46.4 Å². The van der Waals surface area contributed by atoms with Gasteiger partial charge in [-0.1, -0.05) is 0 Å². The molecule has 1 fully saturated rings. The fourth-order valence-electron chi connectivity index (χ4n) is 2.85. The molecule has 2 rings (SSSR count). The monoisotopic (exact) mass is 294 g/mol. The SMILES string of the molecule is Cc1cc(C)n(CC(=O)NCCN2CC(C)OC(C)C2)n1. The number of aryl methyl sites for hydroxylation is 2. The fourth-order valence-corrected chi connectivity index (χ4v) is 2.85. The lowest BCUT2D eigenvalue weighted by atomic mass is 10.2. The third-order valence-electron chi connectivity index (χ3n) is 3.64. The summed E-state index contributed by atoms with van der Waals surface area (Å²) >= 11 is 0. The molecule has 0 aromatic carbocycles. The molecule has 1 aromatic heterocycles. The van der Waals surface area contributed by atoms with Crippen molar-refractivity contribution in [2.24, 2.45) is 0 Å². The zero-order valence-electron chi connectivity index (χ0n) is 13.4. The topological polar surface area (TPSA) is 59.4 Å². The highest BCUT2D eigenvalue weighted by atomic mass is 16.5. The van der Waals surface area contributed by atoms with Crippen LogP contribution in [-0.4, -0.2) is 59.0 Å². The van der Waals surface area contributed by atoms with Gasteiger partial charge in [-0.25, -0.2) is 0 Å². The van der Waals surface area contributed by atoms with Gasteiger partial charge in [0.1, 0.15) is 6.54 Å². The van der Waals surface area contributed by atoms with Gasteiger partial charge >= 0.3 is 0 Å². The highest BCUT2D eigenvalue weighted by molar-refractivity contribution is 5.75. The Balaban J connectivity index is 1.71. The third kappa shape index (κ3) is 4.82. The molecule has 1 aliphatic heterocycles. The van der Waals surface area contributed by atoms with Crippen LogP contribution in [0.1, 0.15) is 25.2 Å². The summed E-state index contributed by atoms with van der Waals surface area (Å²) in [4.78, 5) is 14.3. The number of hydrogen-bond donors (Lipinski definition) is 1. The van der Waals surface area contributed by atoms with E-state index in [-0.39, 0.29) is 24.7 Å². The van der Waals surface area contributed by atoms with Crippen molar-refractivity contribution in [2.75, 3.05) is 26.2 Å². The first-order chi connectivity index (χ1) is 9.94. The highest BCUT2D eigenvalue weighted by Gasteiger charge is 2.21. The Bertz CT molecular complexity index is 476. The van der Waals surface area contributed by atoms with Crippen molar-refractivity contribution in [3.05, 3.63) is 17.5 Å². The van der Waals surface area contributed by atoms with Gasteiger partial charge in [0.05, 0.1) is 17.9 Å². The Hall–Kier alpha value is -1.40. The van der Waals surface area contributed by atoms with Gasteiger partial charge in [-0.3, -0.25) is 14.4 Å². The van der Waals surface area contributed by atoms with Crippen LogP contribution >= 0.6 is 0 Å². The average Bonchev–Trinajstić information content (AvgIpc) is 2.66. The number of rotatable bonds is 5. The molecule has 2 unspecified atom stereocenters. The standard InChI is InChI=1S/C15H26N4O2/c1-11-7-12(2)19(17-11)10-15(20)16-5-6-18-8-13(3)21-14(4)9-18/h7,13-14H,5-6,8-10H2,1-4H3,(H,16,20). The second kappa shape index (κ2) is 7.04. The summed E-state index contributed by atoms with van der Waals surface area (Å²) in [5.41, 5.74) is 1.95. The van der Waals surface area contributed by atoms with Crippen LogP contribution in [-0.2, 0) is 16.1 Å². The van der Waals surface area contributed by atoms with Crippen LogP contribution in [0.25, 0.3) is 0 Å². The van der Waals surface area contributed by atoms with Crippen LogP contribution in [0.3, 0.4) is 0 Å². The highest BCUT2D eigenvalue weighted by Crippen LogP contribution is 2.09. The molecule has 2 atom stereocenters. The minimum Gasteiger partial charge on any atom is -0.373 e. The van der Waals surface area contributed by atoms with Crippen molar-refractivity contribution in [1.29, 1.82) is 0 Å². The van der Waals surface area contributed by atoms with Crippen molar-refractivity contribution in [3.63, 3.8) is 0 Å². The largest absolute Gasteiger partial charge is 0.373 e. The molecule has 21 heavy (non-hydrogen) atoms. The summed E-state index contributed by atoms with van der Waals surface area (Å²) in [6.45, 7) is 11.7. The Morgan fingerprint density at radius 3 is 2.62 bits per heavy atom. The van der Waals surface area contributed by atoms with Crippen LogP contribution in [0.4, 0.5) is 0 Å². The predicted molar refractivity (Wildman–Crippen MR) is 81.2 cm³/mol. The lowest BCUT2D eigenvalue weighted by molar-refractivity contribution is -0.122. The first-order valence-corrected chi connectivity index (χ1v) is 7.59. The quantitative estimate of drug-likeness (QED) is 0.869. The van der Waals surface area contributed by atoms with E-state index >= 15 is 0 Å². The number of amides is 1. The fraction of sp³-hybridized carbons (Fsp3) is 0.733. The van der Waals surface area contributed by atoms with Crippen molar-refractivity contribution < 1.29 is 9.53 Å². The first-order valence-electron chi connectivity index (χ1n) is 7.59. The molecule has 1 aromatic rings. The minimum absolute atomic E-state index is 0.00977. The summed E-state index contributed by atoms with van der Waals surface area (Å²) in [5, 5.41) is 7.26. The van der Waals surface area contributed by atoms with Gasteiger partial charge in [0.25, 0.3) is 0 Å². The molecule has 6 heteroatoms. The Morgan fingerprint density at radius 2 is 2.05 bits per heavy atom. The summed E-state index contributed by atoms with van der Waals surface area (Å²) < 4.78 is 7.44. The van der Waals surface area contributed by atoms with E-state index in [2.05, 4.69) is 29.2 Å². The van der Waals surface area contributed by atoms with E-state index in [1.54, 1.807) is 4.68 Å². The summed E-state index contributed by atoms with van der Waals surface area (Å²) in [6, 6.07) is 1.98. The van der Waals surface area contributed by atoms with E-state index in [0.717, 1.165) is 31.0 Å². The number of nitrogens with zero attached hydrogens (tertiary/aromatic N) is 3. The van der Waals surface area contributed by atoms with Gasteiger partial charge in [-0.05, 0) is 33.8 Å².